The summed E-state index contributed by atoms with van der Waals surface area (Å²) in [4.78, 5) is 14.1. The summed E-state index contributed by atoms with van der Waals surface area (Å²) in [6, 6.07) is 14.7. The third-order valence-electron chi connectivity index (χ3n) is 3.07. The van der Waals surface area contributed by atoms with Gasteiger partial charge in [0.2, 0.25) is 5.91 Å². The molecule has 0 atom stereocenters. The highest BCUT2D eigenvalue weighted by Gasteiger charge is 2.14. The van der Waals surface area contributed by atoms with Gasteiger partial charge < -0.3 is 10.6 Å². The normalized spacial score (nSPS) is 10.3. The number of anilines is 2. The molecule has 1 amide bonds. The van der Waals surface area contributed by atoms with Crippen molar-refractivity contribution in [3.05, 3.63) is 59.1 Å². The first kappa shape index (κ1) is 14.4. The summed E-state index contributed by atoms with van der Waals surface area (Å²) >= 11 is 5.84. The minimum Gasteiger partial charge on any atom is -0.399 e. The van der Waals surface area contributed by atoms with Gasteiger partial charge in [-0.05, 0) is 42.8 Å². The number of rotatable bonds is 4. The highest BCUT2D eigenvalue weighted by molar-refractivity contribution is 6.30. The number of amides is 1. The fourth-order valence-corrected chi connectivity index (χ4v) is 2.19. The maximum absolute atomic E-state index is 12.4. The average Bonchev–Trinajstić information content (AvgIpc) is 2.42. The molecule has 0 unspecified atom stereocenters. The monoisotopic (exact) mass is 288 g/mol. The molecule has 2 aromatic carbocycles. The molecule has 0 saturated heterocycles. The highest BCUT2D eigenvalue weighted by Crippen LogP contribution is 2.19. The van der Waals surface area contributed by atoms with E-state index in [1.165, 1.54) is 0 Å². The van der Waals surface area contributed by atoms with Crippen molar-refractivity contribution in [2.75, 3.05) is 17.2 Å². The number of hydrogen-bond acceptors (Lipinski definition) is 2. The Morgan fingerprint density at radius 2 is 1.90 bits per heavy atom. The Hall–Kier alpha value is -2.00. The van der Waals surface area contributed by atoms with Gasteiger partial charge in [0.25, 0.3) is 0 Å². The van der Waals surface area contributed by atoms with Crippen molar-refractivity contribution in [2.24, 2.45) is 0 Å². The zero-order valence-electron chi connectivity index (χ0n) is 11.3. The molecular weight excluding hydrogens is 272 g/mol. The number of benzene rings is 2. The Labute approximate surface area is 124 Å². The summed E-state index contributed by atoms with van der Waals surface area (Å²) in [5.41, 5.74) is 8.19. The van der Waals surface area contributed by atoms with Crippen molar-refractivity contribution in [1.29, 1.82) is 0 Å². The number of carbonyl (C=O) groups is 1. The van der Waals surface area contributed by atoms with Crippen molar-refractivity contribution >= 4 is 28.9 Å². The van der Waals surface area contributed by atoms with E-state index >= 15 is 0 Å². The van der Waals surface area contributed by atoms with Crippen molar-refractivity contribution in [3.63, 3.8) is 0 Å². The fourth-order valence-electron chi connectivity index (χ4n) is 2.07. The Kier molecular flexibility index (Phi) is 4.64. The van der Waals surface area contributed by atoms with Gasteiger partial charge in [-0.1, -0.05) is 29.8 Å². The molecule has 0 bridgehead atoms. The minimum atomic E-state index is 0.0421. The molecular formula is C16H17ClN2O. The fraction of sp³-hybridized carbons (Fsp3) is 0.188. The van der Waals surface area contributed by atoms with Crippen LogP contribution in [0.5, 0.6) is 0 Å². The van der Waals surface area contributed by atoms with Crippen LogP contribution in [0.15, 0.2) is 48.5 Å². The number of carbonyl (C=O) groups excluding carboxylic acids is 1. The Morgan fingerprint density at radius 3 is 2.50 bits per heavy atom. The van der Waals surface area contributed by atoms with E-state index in [2.05, 4.69) is 0 Å². The Balaban J connectivity index is 2.15. The molecule has 0 aliphatic carbocycles. The zero-order valence-corrected chi connectivity index (χ0v) is 12.1. The van der Waals surface area contributed by atoms with Gasteiger partial charge in [0.05, 0.1) is 6.42 Å². The van der Waals surface area contributed by atoms with Crippen molar-refractivity contribution < 1.29 is 4.79 Å². The van der Waals surface area contributed by atoms with E-state index < -0.39 is 0 Å². The van der Waals surface area contributed by atoms with Gasteiger partial charge in [0.15, 0.2) is 0 Å². The number of likely N-dealkylation sites (N-methyl/N-ethyl adjacent to an activating group) is 1. The minimum absolute atomic E-state index is 0.0421. The van der Waals surface area contributed by atoms with Crippen LogP contribution in [0.25, 0.3) is 0 Å². The second kappa shape index (κ2) is 6.44. The van der Waals surface area contributed by atoms with E-state index in [4.69, 9.17) is 17.3 Å². The summed E-state index contributed by atoms with van der Waals surface area (Å²) in [5, 5.41) is 0.671. The van der Waals surface area contributed by atoms with E-state index in [1.807, 2.05) is 37.3 Å². The van der Waals surface area contributed by atoms with E-state index in [9.17, 15) is 4.79 Å². The first-order chi connectivity index (χ1) is 9.60. The maximum Gasteiger partial charge on any atom is 0.231 e. The maximum atomic E-state index is 12.4. The molecule has 0 fully saturated rings. The third kappa shape index (κ3) is 3.52. The van der Waals surface area contributed by atoms with Crippen LogP contribution < -0.4 is 10.6 Å². The van der Waals surface area contributed by atoms with Crippen molar-refractivity contribution in [1.82, 2.24) is 0 Å². The van der Waals surface area contributed by atoms with Crippen molar-refractivity contribution in [3.8, 4) is 0 Å². The van der Waals surface area contributed by atoms with Crippen LogP contribution in [0, 0.1) is 0 Å². The number of nitrogens with two attached hydrogens (primary N) is 1. The molecule has 4 heteroatoms. The quantitative estimate of drug-likeness (QED) is 0.875. The Bertz CT molecular complexity index is 596. The van der Waals surface area contributed by atoms with Gasteiger partial charge in [0.1, 0.15) is 0 Å². The van der Waals surface area contributed by atoms with Gasteiger partial charge in [-0.2, -0.15) is 0 Å². The molecule has 0 aromatic heterocycles. The summed E-state index contributed by atoms with van der Waals surface area (Å²) in [6.45, 7) is 2.55. The lowest BCUT2D eigenvalue weighted by Gasteiger charge is -2.21. The van der Waals surface area contributed by atoms with Crippen LogP contribution in [-0.4, -0.2) is 12.5 Å². The number of hydrogen-bond donors (Lipinski definition) is 1. The lowest BCUT2D eigenvalue weighted by atomic mass is 10.1. The SMILES string of the molecule is CCN(C(=O)Cc1ccc(Cl)cc1)c1cccc(N)c1. The standard InChI is InChI=1S/C16H17ClN2O/c1-2-19(15-5-3-4-14(18)11-15)16(20)10-12-6-8-13(17)9-7-12/h3-9,11H,2,10,18H2,1H3. The molecule has 3 nitrogen and oxygen atoms in total. The largest absolute Gasteiger partial charge is 0.399 e. The number of halogens is 1. The average molecular weight is 289 g/mol. The zero-order chi connectivity index (χ0) is 14.5. The van der Waals surface area contributed by atoms with Gasteiger partial charge in [-0.15, -0.1) is 0 Å². The van der Waals surface area contributed by atoms with Gasteiger partial charge in [-0.25, -0.2) is 0 Å². The highest BCUT2D eigenvalue weighted by atomic mass is 35.5. The third-order valence-corrected chi connectivity index (χ3v) is 3.32. The topological polar surface area (TPSA) is 46.3 Å². The van der Waals surface area contributed by atoms with Crippen LogP contribution in [0.1, 0.15) is 12.5 Å². The molecule has 2 N–H and O–H groups in total. The molecule has 0 aliphatic heterocycles. The molecule has 0 saturated carbocycles. The van der Waals surface area contributed by atoms with E-state index in [0.717, 1.165) is 11.3 Å². The molecule has 0 spiro atoms. The first-order valence-corrected chi connectivity index (χ1v) is 6.88. The van der Waals surface area contributed by atoms with Crippen LogP contribution in [-0.2, 0) is 11.2 Å². The van der Waals surface area contributed by atoms with Gasteiger partial charge in [0, 0.05) is 22.9 Å². The lowest BCUT2D eigenvalue weighted by molar-refractivity contribution is -0.117. The van der Waals surface area contributed by atoms with E-state index in [0.29, 0.717) is 23.7 Å². The smallest absolute Gasteiger partial charge is 0.231 e. The second-order valence-corrected chi connectivity index (χ2v) is 4.97. The van der Waals surface area contributed by atoms with Crippen LogP contribution >= 0.6 is 11.6 Å². The predicted molar refractivity (Wildman–Crippen MR) is 84.0 cm³/mol. The molecule has 0 heterocycles. The van der Waals surface area contributed by atoms with E-state index in [-0.39, 0.29) is 5.91 Å². The second-order valence-electron chi connectivity index (χ2n) is 4.54. The number of nitrogen functional groups attached to an aromatic ring is 1. The van der Waals surface area contributed by atoms with Gasteiger partial charge >= 0.3 is 0 Å². The molecule has 20 heavy (non-hydrogen) atoms. The van der Waals surface area contributed by atoms with Crippen LogP contribution in [0.3, 0.4) is 0 Å². The molecule has 0 radical (unpaired) electrons. The summed E-state index contributed by atoms with van der Waals surface area (Å²) in [7, 11) is 0. The lowest BCUT2D eigenvalue weighted by Crippen LogP contribution is -2.32. The number of nitrogens with zero attached hydrogens (tertiary/aromatic N) is 1. The van der Waals surface area contributed by atoms with E-state index in [1.54, 1.807) is 23.1 Å². The molecule has 0 aliphatic rings. The predicted octanol–water partition coefficient (Wildman–Crippen LogP) is 3.52. The van der Waals surface area contributed by atoms with Gasteiger partial charge in [-0.3, -0.25) is 4.79 Å². The Morgan fingerprint density at radius 1 is 1.20 bits per heavy atom. The summed E-state index contributed by atoms with van der Waals surface area (Å²) < 4.78 is 0. The first-order valence-electron chi connectivity index (χ1n) is 6.50. The van der Waals surface area contributed by atoms with Crippen LogP contribution in [0.2, 0.25) is 5.02 Å². The summed E-state index contributed by atoms with van der Waals surface area (Å²) in [6.07, 6.45) is 0.347. The van der Waals surface area contributed by atoms with Crippen molar-refractivity contribution in [2.45, 2.75) is 13.3 Å². The molecule has 2 aromatic rings. The summed E-state index contributed by atoms with van der Waals surface area (Å²) in [5.74, 6) is 0.0421. The molecule has 104 valence electrons. The molecule has 2 rings (SSSR count). The van der Waals surface area contributed by atoms with Crippen LogP contribution in [0.4, 0.5) is 11.4 Å².